The minimum absolute atomic E-state index is 0.284. The Bertz CT molecular complexity index is 540. The molecule has 0 spiro atoms. The van der Waals surface area contributed by atoms with E-state index < -0.39 is 0 Å². The van der Waals surface area contributed by atoms with Crippen molar-refractivity contribution >= 4 is 17.3 Å². The van der Waals surface area contributed by atoms with E-state index in [1.54, 1.807) is 12.1 Å². The number of hydrogen-bond donors (Lipinski definition) is 1. The summed E-state index contributed by atoms with van der Waals surface area (Å²) in [5, 5.41) is 3.62. The highest BCUT2D eigenvalue weighted by Gasteiger charge is 2.04. The molecule has 1 N–H and O–H groups in total. The summed E-state index contributed by atoms with van der Waals surface area (Å²) in [5.74, 6) is -0.284. The molecule has 2 aromatic rings. The fourth-order valence-corrected chi connectivity index (χ4v) is 2.07. The molecule has 0 aromatic heterocycles. The molecule has 0 bridgehead atoms. The molecule has 18 heavy (non-hydrogen) atoms. The third-order valence-electron chi connectivity index (χ3n) is 2.90. The molecule has 0 aliphatic heterocycles. The van der Waals surface area contributed by atoms with Gasteiger partial charge in [0.15, 0.2) is 0 Å². The van der Waals surface area contributed by atoms with Crippen LogP contribution in [-0.2, 0) is 13.0 Å². The lowest BCUT2D eigenvalue weighted by atomic mass is 10.1. The van der Waals surface area contributed by atoms with Gasteiger partial charge in [0.1, 0.15) is 5.82 Å². The van der Waals surface area contributed by atoms with E-state index in [0.717, 1.165) is 6.42 Å². The van der Waals surface area contributed by atoms with Crippen LogP contribution in [0.15, 0.2) is 42.5 Å². The standard InChI is InChI=1S/C15H15ClFN/c1-2-11-5-3-4-6-12(11)10-18-15-9-13(16)7-8-14(15)17/h3-9,18H,2,10H2,1H3. The monoisotopic (exact) mass is 263 g/mol. The third kappa shape index (κ3) is 3.02. The largest absolute Gasteiger partial charge is 0.379 e. The van der Waals surface area contributed by atoms with Crippen molar-refractivity contribution < 1.29 is 4.39 Å². The minimum Gasteiger partial charge on any atom is -0.379 e. The molecule has 2 aromatic carbocycles. The lowest BCUT2D eigenvalue weighted by molar-refractivity contribution is 0.630. The molecular weight excluding hydrogens is 249 g/mol. The summed E-state index contributed by atoms with van der Waals surface area (Å²) in [4.78, 5) is 0. The average Bonchev–Trinajstić information content (AvgIpc) is 2.40. The maximum atomic E-state index is 13.5. The van der Waals surface area contributed by atoms with Gasteiger partial charge in [0.25, 0.3) is 0 Å². The van der Waals surface area contributed by atoms with E-state index in [9.17, 15) is 4.39 Å². The molecule has 0 amide bonds. The Labute approximate surface area is 112 Å². The maximum Gasteiger partial charge on any atom is 0.146 e. The molecule has 0 atom stereocenters. The van der Waals surface area contributed by atoms with Crippen LogP contribution in [0.1, 0.15) is 18.1 Å². The molecule has 0 radical (unpaired) electrons. The second kappa shape index (κ2) is 5.87. The predicted molar refractivity (Wildman–Crippen MR) is 74.6 cm³/mol. The van der Waals surface area contributed by atoms with Crippen LogP contribution < -0.4 is 5.32 Å². The number of halogens is 2. The van der Waals surface area contributed by atoms with Crippen LogP contribution in [-0.4, -0.2) is 0 Å². The zero-order valence-electron chi connectivity index (χ0n) is 10.2. The fraction of sp³-hybridized carbons (Fsp3) is 0.200. The van der Waals surface area contributed by atoms with Crippen molar-refractivity contribution in [2.24, 2.45) is 0 Å². The Morgan fingerprint density at radius 1 is 1.11 bits per heavy atom. The van der Waals surface area contributed by atoms with Crippen molar-refractivity contribution in [2.45, 2.75) is 19.9 Å². The second-order valence-corrected chi connectivity index (χ2v) is 4.54. The number of nitrogens with one attached hydrogen (secondary N) is 1. The lowest BCUT2D eigenvalue weighted by Crippen LogP contribution is -2.03. The summed E-state index contributed by atoms with van der Waals surface area (Å²) in [6.07, 6.45) is 0.968. The van der Waals surface area contributed by atoms with Gasteiger partial charge in [-0.2, -0.15) is 0 Å². The van der Waals surface area contributed by atoms with Crippen molar-refractivity contribution in [3.05, 3.63) is 64.4 Å². The van der Waals surface area contributed by atoms with Crippen molar-refractivity contribution in [1.82, 2.24) is 0 Å². The number of aryl methyl sites for hydroxylation is 1. The molecule has 0 aliphatic rings. The van der Waals surface area contributed by atoms with Gasteiger partial charge in [-0.05, 0) is 35.7 Å². The van der Waals surface area contributed by atoms with Crippen LogP contribution in [0.3, 0.4) is 0 Å². The second-order valence-electron chi connectivity index (χ2n) is 4.10. The van der Waals surface area contributed by atoms with Crippen LogP contribution in [0.5, 0.6) is 0 Å². The van der Waals surface area contributed by atoms with Crippen LogP contribution >= 0.6 is 11.6 Å². The van der Waals surface area contributed by atoms with Gasteiger partial charge in [-0.25, -0.2) is 4.39 Å². The van der Waals surface area contributed by atoms with E-state index in [0.29, 0.717) is 17.3 Å². The summed E-state index contributed by atoms with van der Waals surface area (Å²) in [7, 11) is 0. The van der Waals surface area contributed by atoms with E-state index >= 15 is 0 Å². The average molecular weight is 264 g/mol. The summed E-state index contributed by atoms with van der Waals surface area (Å²) < 4.78 is 13.5. The molecule has 2 rings (SSSR count). The van der Waals surface area contributed by atoms with Gasteiger partial charge in [0.05, 0.1) is 5.69 Å². The van der Waals surface area contributed by atoms with Gasteiger partial charge in [-0.15, -0.1) is 0 Å². The Balaban J connectivity index is 2.14. The van der Waals surface area contributed by atoms with E-state index in [-0.39, 0.29) is 5.82 Å². The minimum atomic E-state index is -0.284. The van der Waals surface area contributed by atoms with Crippen molar-refractivity contribution in [3.63, 3.8) is 0 Å². The molecule has 0 saturated carbocycles. The maximum absolute atomic E-state index is 13.5. The van der Waals surface area contributed by atoms with Gasteiger partial charge in [0.2, 0.25) is 0 Å². The van der Waals surface area contributed by atoms with E-state index in [2.05, 4.69) is 18.3 Å². The normalized spacial score (nSPS) is 10.4. The number of rotatable bonds is 4. The molecule has 1 nitrogen and oxygen atoms in total. The fourth-order valence-electron chi connectivity index (χ4n) is 1.90. The molecule has 0 fully saturated rings. The molecule has 0 saturated heterocycles. The van der Waals surface area contributed by atoms with Gasteiger partial charge < -0.3 is 5.32 Å². The van der Waals surface area contributed by atoms with E-state index in [1.807, 2.05) is 18.2 Å². The number of anilines is 1. The molecular formula is C15H15ClFN. The molecule has 94 valence electrons. The molecule has 0 unspecified atom stereocenters. The Morgan fingerprint density at radius 2 is 1.83 bits per heavy atom. The van der Waals surface area contributed by atoms with Crippen LogP contribution in [0.25, 0.3) is 0 Å². The first-order valence-electron chi connectivity index (χ1n) is 5.96. The van der Waals surface area contributed by atoms with Crippen molar-refractivity contribution in [1.29, 1.82) is 0 Å². The van der Waals surface area contributed by atoms with Crippen molar-refractivity contribution in [3.8, 4) is 0 Å². The predicted octanol–water partition coefficient (Wildman–Crippen LogP) is 4.65. The first-order chi connectivity index (χ1) is 8.70. The third-order valence-corrected chi connectivity index (χ3v) is 3.13. The topological polar surface area (TPSA) is 12.0 Å². The molecule has 3 heteroatoms. The summed E-state index contributed by atoms with van der Waals surface area (Å²) in [5.41, 5.74) is 2.89. The lowest BCUT2D eigenvalue weighted by Gasteiger charge is -2.11. The zero-order valence-corrected chi connectivity index (χ0v) is 11.0. The Morgan fingerprint density at radius 3 is 2.56 bits per heavy atom. The Kier molecular flexibility index (Phi) is 4.21. The first-order valence-corrected chi connectivity index (χ1v) is 6.34. The van der Waals surface area contributed by atoms with E-state index in [4.69, 9.17) is 11.6 Å². The highest BCUT2D eigenvalue weighted by atomic mass is 35.5. The van der Waals surface area contributed by atoms with Gasteiger partial charge >= 0.3 is 0 Å². The van der Waals surface area contributed by atoms with Gasteiger partial charge in [-0.3, -0.25) is 0 Å². The SMILES string of the molecule is CCc1ccccc1CNc1cc(Cl)ccc1F. The van der Waals surface area contributed by atoms with Crippen molar-refractivity contribution in [2.75, 3.05) is 5.32 Å². The summed E-state index contributed by atoms with van der Waals surface area (Å²) >= 11 is 5.85. The highest BCUT2D eigenvalue weighted by molar-refractivity contribution is 6.30. The highest BCUT2D eigenvalue weighted by Crippen LogP contribution is 2.20. The summed E-state index contributed by atoms with van der Waals surface area (Å²) in [6, 6.07) is 12.7. The molecule has 0 aliphatic carbocycles. The summed E-state index contributed by atoms with van der Waals surface area (Å²) in [6.45, 7) is 2.71. The quantitative estimate of drug-likeness (QED) is 0.846. The van der Waals surface area contributed by atoms with Gasteiger partial charge in [-0.1, -0.05) is 42.8 Å². The van der Waals surface area contributed by atoms with Crippen LogP contribution in [0.4, 0.5) is 10.1 Å². The zero-order chi connectivity index (χ0) is 13.0. The van der Waals surface area contributed by atoms with E-state index in [1.165, 1.54) is 17.2 Å². The van der Waals surface area contributed by atoms with Gasteiger partial charge in [0, 0.05) is 11.6 Å². The van der Waals surface area contributed by atoms with Crippen LogP contribution in [0.2, 0.25) is 5.02 Å². The van der Waals surface area contributed by atoms with Crippen LogP contribution in [0, 0.1) is 5.82 Å². The Hall–Kier alpha value is -1.54. The first kappa shape index (κ1) is 12.9. The number of hydrogen-bond acceptors (Lipinski definition) is 1. The molecule has 0 heterocycles. The smallest absolute Gasteiger partial charge is 0.146 e. The number of benzene rings is 2.